The Bertz CT molecular complexity index is 1050. The smallest absolute Gasteiger partial charge is 0.226 e. The number of hydrogen-bond acceptors (Lipinski definition) is 6. The lowest BCUT2D eigenvalue weighted by Gasteiger charge is -2.10. The Hall–Kier alpha value is -2.64. The molecule has 6 nitrogen and oxygen atoms in total. The number of aryl methyl sites for hydroxylation is 1. The van der Waals surface area contributed by atoms with Gasteiger partial charge in [-0.15, -0.1) is 20.4 Å². The lowest BCUT2D eigenvalue weighted by atomic mass is 10.2. The standard InChI is InChI=1S/C20H18ClN5OS/c1-2-17-22-23-18(27-17)13-28-20-25-24-19(15-8-10-16(21)11-9-15)26(20)12-14-6-4-3-5-7-14/h3-11H,2,12-13H2,1H3. The third-order valence-corrected chi connectivity index (χ3v) is 5.34. The maximum Gasteiger partial charge on any atom is 0.226 e. The van der Waals surface area contributed by atoms with Gasteiger partial charge < -0.3 is 4.42 Å². The Balaban J connectivity index is 1.64. The number of aromatic nitrogens is 5. The molecule has 0 N–H and O–H groups in total. The van der Waals surface area contributed by atoms with Crippen molar-refractivity contribution in [3.8, 4) is 11.4 Å². The predicted octanol–water partition coefficient (Wildman–Crippen LogP) is 4.88. The number of halogens is 1. The van der Waals surface area contributed by atoms with E-state index in [9.17, 15) is 0 Å². The largest absolute Gasteiger partial charge is 0.424 e. The van der Waals surface area contributed by atoms with Gasteiger partial charge in [0.25, 0.3) is 0 Å². The van der Waals surface area contributed by atoms with E-state index >= 15 is 0 Å². The van der Waals surface area contributed by atoms with Crippen molar-refractivity contribution in [3.63, 3.8) is 0 Å². The second-order valence-corrected chi connectivity index (χ2v) is 7.50. The molecule has 142 valence electrons. The van der Waals surface area contributed by atoms with Gasteiger partial charge in [0.2, 0.25) is 11.8 Å². The van der Waals surface area contributed by atoms with Gasteiger partial charge in [0.15, 0.2) is 11.0 Å². The van der Waals surface area contributed by atoms with Gasteiger partial charge in [-0.1, -0.05) is 60.6 Å². The fourth-order valence-corrected chi connectivity index (χ4v) is 3.63. The van der Waals surface area contributed by atoms with E-state index in [2.05, 4.69) is 37.1 Å². The van der Waals surface area contributed by atoms with Gasteiger partial charge in [-0.05, 0) is 29.8 Å². The minimum atomic E-state index is 0.542. The molecule has 8 heteroatoms. The van der Waals surface area contributed by atoms with E-state index in [1.807, 2.05) is 49.4 Å². The van der Waals surface area contributed by atoms with E-state index in [0.29, 0.717) is 29.1 Å². The molecule has 28 heavy (non-hydrogen) atoms. The molecule has 0 amide bonds. The first-order valence-electron chi connectivity index (χ1n) is 8.90. The first-order chi connectivity index (χ1) is 13.7. The van der Waals surface area contributed by atoms with Crippen molar-refractivity contribution in [2.45, 2.75) is 30.8 Å². The number of nitrogens with zero attached hydrogens (tertiary/aromatic N) is 5. The molecule has 4 rings (SSSR count). The minimum Gasteiger partial charge on any atom is -0.424 e. The molecule has 0 bridgehead atoms. The predicted molar refractivity (Wildman–Crippen MR) is 109 cm³/mol. The van der Waals surface area contributed by atoms with Crippen LogP contribution < -0.4 is 0 Å². The summed E-state index contributed by atoms with van der Waals surface area (Å²) in [5.41, 5.74) is 2.14. The zero-order valence-corrected chi connectivity index (χ0v) is 16.8. The summed E-state index contributed by atoms with van der Waals surface area (Å²) in [7, 11) is 0. The fourth-order valence-electron chi connectivity index (χ4n) is 2.73. The topological polar surface area (TPSA) is 69.6 Å². The molecule has 0 radical (unpaired) electrons. The first kappa shape index (κ1) is 18.7. The van der Waals surface area contributed by atoms with Crippen LogP contribution >= 0.6 is 23.4 Å². The lowest BCUT2D eigenvalue weighted by Crippen LogP contribution is -2.04. The highest BCUT2D eigenvalue weighted by atomic mass is 35.5. The molecular formula is C20H18ClN5OS. The second-order valence-electron chi connectivity index (χ2n) is 6.12. The second kappa shape index (κ2) is 8.58. The van der Waals surface area contributed by atoms with Gasteiger partial charge >= 0.3 is 0 Å². The summed E-state index contributed by atoms with van der Waals surface area (Å²) in [6, 6.07) is 17.9. The van der Waals surface area contributed by atoms with Crippen LogP contribution in [0.3, 0.4) is 0 Å². The highest BCUT2D eigenvalue weighted by Crippen LogP contribution is 2.28. The molecule has 4 aromatic rings. The molecule has 0 atom stereocenters. The molecular weight excluding hydrogens is 394 g/mol. The summed E-state index contributed by atoms with van der Waals surface area (Å²) >= 11 is 7.56. The van der Waals surface area contributed by atoms with Crippen molar-refractivity contribution in [3.05, 3.63) is 77.0 Å². The van der Waals surface area contributed by atoms with Crippen LogP contribution in [-0.2, 0) is 18.7 Å². The van der Waals surface area contributed by atoms with Crippen LogP contribution in [0.25, 0.3) is 11.4 Å². The lowest BCUT2D eigenvalue weighted by molar-refractivity contribution is 0.469. The number of thioether (sulfide) groups is 1. The summed E-state index contributed by atoms with van der Waals surface area (Å²) in [6.45, 7) is 2.65. The average Bonchev–Trinajstić information content (AvgIpc) is 3.35. The van der Waals surface area contributed by atoms with Gasteiger partial charge in [-0.25, -0.2) is 0 Å². The van der Waals surface area contributed by atoms with Crippen LogP contribution in [0.4, 0.5) is 0 Å². The molecule has 0 aliphatic carbocycles. The van der Waals surface area contributed by atoms with Crippen LogP contribution in [0.1, 0.15) is 24.3 Å². The van der Waals surface area contributed by atoms with Crippen molar-refractivity contribution in [2.24, 2.45) is 0 Å². The van der Waals surface area contributed by atoms with Crippen molar-refractivity contribution in [1.82, 2.24) is 25.0 Å². The Labute approximate surface area is 172 Å². The van der Waals surface area contributed by atoms with Crippen LogP contribution in [0.2, 0.25) is 5.02 Å². The summed E-state index contributed by atoms with van der Waals surface area (Å²) in [5, 5.41) is 18.4. The van der Waals surface area contributed by atoms with Crippen LogP contribution in [0.15, 0.2) is 64.2 Å². The minimum absolute atomic E-state index is 0.542. The number of rotatable bonds is 7. The van der Waals surface area contributed by atoms with E-state index in [4.69, 9.17) is 16.0 Å². The van der Waals surface area contributed by atoms with Crippen LogP contribution in [0.5, 0.6) is 0 Å². The highest BCUT2D eigenvalue weighted by molar-refractivity contribution is 7.98. The quantitative estimate of drug-likeness (QED) is 0.403. The Kier molecular flexibility index (Phi) is 5.73. The van der Waals surface area contributed by atoms with Crippen molar-refractivity contribution in [2.75, 3.05) is 0 Å². The Morgan fingerprint density at radius 2 is 1.68 bits per heavy atom. The Morgan fingerprint density at radius 1 is 0.929 bits per heavy atom. The number of hydrogen-bond donors (Lipinski definition) is 0. The van der Waals surface area contributed by atoms with Gasteiger partial charge in [-0.3, -0.25) is 4.57 Å². The molecule has 0 spiro atoms. The maximum absolute atomic E-state index is 6.04. The van der Waals surface area contributed by atoms with E-state index in [0.717, 1.165) is 23.0 Å². The molecule has 0 aliphatic rings. The molecule has 2 heterocycles. The maximum atomic E-state index is 6.04. The van der Waals surface area contributed by atoms with Crippen LogP contribution in [-0.4, -0.2) is 25.0 Å². The molecule has 0 aliphatic heterocycles. The van der Waals surface area contributed by atoms with Crippen molar-refractivity contribution in [1.29, 1.82) is 0 Å². The zero-order chi connectivity index (χ0) is 19.3. The van der Waals surface area contributed by atoms with Gasteiger partial charge in [0.1, 0.15) is 0 Å². The zero-order valence-electron chi connectivity index (χ0n) is 15.2. The monoisotopic (exact) mass is 411 g/mol. The fraction of sp³-hybridized carbons (Fsp3) is 0.200. The highest BCUT2D eigenvalue weighted by Gasteiger charge is 2.16. The Morgan fingerprint density at radius 3 is 2.39 bits per heavy atom. The summed E-state index contributed by atoms with van der Waals surface area (Å²) in [4.78, 5) is 0. The van der Waals surface area contributed by atoms with Gasteiger partial charge in [0, 0.05) is 17.0 Å². The average molecular weight is 412 g/mol. The molecule has 2 aromatic carbocycles. The third-order valence-electron chi connectivity index (χ3n) is 4.14. The SMILES string of the molecule is CCc1nnc(CSc2nnc(-c3ccc(Cl)cc3)n2Cc2ccccc2)o1. The molecule has 0 saturated carbocycles. The molecule has 0 fully saturated rings. The molecule has 2 aromatic heterocycles. The van der Waals surface area contributed by atoms with E-state index < -0.39 is 0 Å². The van der Waals surface area contributed by atoms with Crippen molar-refractivity contribution >= 4 is 23.4 Å². The summed E-state index contributed by atoms with van der Waals surface area (Å²) < 4.78 is 7.70. The van der Waals surface area contributed by atoms with Gasteiger partial charge in [-0.2, -0.15) is 0 Å². The van der Waals surface area contributed by atoms with E-state index in [-0.39, 0.29) is 0 Å². The van der Waals surface area contributed by atoms with E-state index in [1.165, 1.54) is 17.3 Å². The summed E-state index contributed by atoms with van der Waals surface area (Å²) in [6.07, 6.45) is 0.725. The molecule has 0 unspecified atom stereocenters. The van der Waals surface area contributed by atoms with E-state index in [1.54, 1.807) is 0 Å². The summed E-state index contributed by atoms with van der Waals surface area (Å²) in [5.74, 6) is 2.57. The third kappa shape index (κ3) is 4.26. The normalized spacial score (nSPS) is 11.1. The van der Waals surface area contributed by atoms with Crippen LogP contribution in [0, 0.1) is 0 Å². The first-order valence-corrected chi connectivity index (χ1v) is 10.3. The molecule has 0 saturated heterocycles. The van der Waals surface area contributed by atoms with Gasteiger partial charge in [0.05, 0.1) is 12.3 Å². The number of benzene rings is 2. The van der Waals surface area contributed by atoms with Crippen molar-refractivity contribution < 1.29 is 4.42 Å².